The Bertz CT molecular complexity index is 547. The van der Waals surface area contributed by atoms with Crippen molar-refractivity contribution < 1.29 is 14.6 Å². The summed E-state index contributed by atoms with van der Waals surface area (Å²) in [7, 11) is 0. The van der Waals surface area contributed by atoms with Crippen molar-refractivity contribution in [3.63, 3.8) is 0 Å². The average Bonchev–Trinajstić information content (AvgIpc) is 2.90. The highest BCUT2D eigenvalue weighted by molar-refractivity contribution is 7.13. The molecule has 0 fully saturated rings. The van der Waals surface area contributed by atoms with E-state index in [9.17, 15) is 19.7 Å². The van der Waals surface area contributed by atoms with E-state index in [-0.39, 0.29) is 18.4 Å². The lowest BCUT2D eigenvalue weighted by Gasteiger charge is -2.12. The molecule has 1 radical (unpaired) electrons. The van der Waals surface area contributed by atoms with Gasteiger partial charge in [-0.15, -0.1) is 11.3 Å². The van der Waals surface area contributed by atoms with Crippen molar-refractivity contribution in [1.29, 1.82) is 0 Å². The van der Waals surface area contributed by atoms with Gasteiger partial charge in [0.2, 0.25) is 11.1 Å². The smallest absolute Gasteiger partial charge is 0.349 e. The number of nitrogens with one attached hydrogen (secondary N) is 1. The van der Waals surface area contributed by atoms with Crippen LogP contribution in [0.25, 0.3) is 0 Å². The Hall–Kier alpha value is -2.63. The van der Waals surface area contributed by atoms with Crippen LogP contribution < -0.4 is 11.1 Å². The van der Waals surface area contributed by atoms with Crippen LogP contribution in [0.1, 0.15) is 13.3 Å². The number of nitrogens with zero attached hydrogens (tertiary/aromatic N) is 5. The molecule has 0 spiro atoms. The van der Waals surface area contributed by atoms with Crippen molar-refractivity contribution in [1.82, 2.24) is 9.99 Å². The lowest BCUT2D eigenvalue weighted by atomic mass is 10.0. The van der Waals surface area contributed by atoms with Crippen molar-refractivity contribution in [2.75, 3.05) is 11.9 Å². The molecule has 1 atom stereocenters. The molecule has 1 rings (SSSR count). The van der Waals surface area contributed by atoms with Gasteiger partial charge in [0.25, 0.3) is 0 Å². The second kappa shape index (κ2) is 8.61. The Morgan fingerprint density at radius 2 is 2.41 bits per heavy atom. The van der Waals surface area contributed by atoms with Crippen molar-refractivity contribution in [2.24, 2.45) is 22.1 Å². The van der Waals surface area contributed by atoms with E-state index in [1.165, 1.54) is 17.8 Å². The van der Waals surface area contributed by atoms with Crippen molar-refractivity contribution >= 4 is 28.4 Å². The molecule has 0 saturated carbocycles. The molecular formula is C10H14N7O4S. The molecule has 12 heteroatoms. The van der Waals surface area contributed by atoms with Crippen LogP contribution >= 0.6 is 11.3 Å². The van der Waals surface area contributed by atoms with Crippen molar-refractivity contribution in [2.45, 2.75) is 13.3 Å². The number of carbonyl (C=O) groups is 2. The fourth-order valence-electron chi connectivity index (χ4n) is 1.38. The molecule has 1 heterocycles. The van der Waals surface area contributed by atoms with E-state index >= 15 is 0 Å². The molecule has 0 aliphatic rings. The summed E-state index contributed by atoms with van der Waals surface area (Å²) in [5.41, 5.74) is 5.02. The Balaban J connectivity index is 2.39. The molecule has 119 valence electrons. The number of nitrogens with two attached hydrogens (primary N) is 1. The molecule has 0 aromatic carbocycles. The minimum atomic E-state index is -1.05. The fraction of sp³-hybridized carbons (Fsp3) is 0.400. The molecule has 0 aliphatic carbocycles. The maximum atomic E-state index is 11.7. The number of urea groups is 1. The minimum Gasteiger partial charge on any atom is -0.349 e. The van der Waals surface area contributed by atoms with E-state index < -0.39 is 11.1 Å². The van der Waals surface area contributed by atoms with Crippen LogP contribution in [0.4, 0.5) is 9.93 Å². The monoisotopic (exact) mass is 328 g/mol. The van der Waals surface area contributed by atoms with E-state index in [0.29, 0.717) is 16.6 Å². The van der Waals surface area contributed by atoms with Gasteiger partial charge in [0.1, 0.15) is 0 Å². The van der Waals surface area contributed by atoms with Crippen LogP contribution in [0.2, 0.25) is 0 Å². The van der Waals surface area contributed by atoms with Crippen LogP contribution in [0.3, 0.4) is 0 Å². The summed E-state index contributed by atoms with van der Waals surface area (Å²) in [6, 6.07) is -0.968. The summed E-state index contributed by atoms with van der Waals surface area (Å²) >= 11 is 1.29. The summed E-state index contributed by atoms with van der Waals surface area (Å²) in [5, 5.41) is 20.2. The number of thiazole rings is 1. The Morgan fingerprint density at radius 3 is 2.95 bits per heavy atom. The first-order valence-corrected chi connectivity index (χ1v) is 6.94. The third-order valence-electron chi connectivity index (χ3n) is 2.37. The lowest BCUT2D eigenvalue weighted by Crippen LogP contribution is -2.33. The number of carbonyl (C=O) groups excluding carboxylic acids is 2. The first-order valence-electron chi connectivity index (χ1n) is 6.06. The number of aromatic nitrogens is 1. The van der Waals surface area contributed by atoms with Gasteiger partial charge < -0.3 is 21.2 Å². The summed E-state index contributed by atoms with van der Waals surface area (Å²) < 4.78 is 0. The normalized spacial score (nSPS) is 12.0. The SMILES string of the molecule is C[C@H]([CH]C(=O)Nc1nccs1)CCN(N=N[N+](=O)[O-])C(N)=O. The third-order valence-corrected chi connectivity index (χ3v) is 3.06. The molecule has 11 nitrogen and oxygen atoms in total. The maximum Gasteiger partial charge on any atom is 0.355 e. The number of rotatable bonds is 8. The number of amides is 3. The Morgan fingerprint density at radius 1 is 1.68 bits per heavy atom. The first kappa shape index (κ1) is 17.4. The fourth-order valence-corrected chi connectivity index (χ4v) is 1.91. The van der Waals surface area contributed by atoms with Crippen LogP contribution in [0, 0.1) is 22.5 Å². The topological polar surface area (TPSA) is 156 Å². The number of nitro groups is 1. The lowest BCUT2D eigenvalue weighted by molar-refractivity contribution is -0.496. The van der Waals surface area contributed by atoms with Crippen LogP contribution in [-0.4, -0.2) is 33.5 Å². The Labute approximate surface area is 129 Å². The summed E-state index contributed by atoms with van der Waals surface area (Å²) in [6.45, 7) is 1.74. The highest BCUT2D eigenvalue weighted by atomic mass is 32.1. The van der Waals surface area contributed by atoms with Gasteiger partial charge in [0, 0.05) is 11.6 Å². The minimum absolute atomic E-state index is 0.00509. The van der Waals surface area contributed by atoms with Gasteiger partial charge in [-0.25, -0.2) is 9.78 Å². The van der Waals surface area contributed by atoms with Gasteiger partial charge in [-0.3, -0.25) is 4.79 Å². The number of hydrogen-bond donors (Lipinski definition) is 2. The summed E-state index contributed by atoms with van der Waals surface area (Å²) in [6.07, 6.45) is 3.30. The number of hydrogen-bond acceptors (Lipinski definition) is 7. The standard InChI is InChI=1S/C10H14N7O4S/c1-7(6-8(18)13-10-12-3-5-22-10)2-4-16(9(11)19)14-15-17(20)21/h3,5-7H,2,4H2,1H3,(H2,11,19)(H,12,13,18)/t7-/m0/s1. The summed E-state index contributed by atoms with van der Waals surface area (Å²) in [5.74, 6) is -0.549. The highest BCUT2D eigenvalue weighted by Crippen LogP contribution is 2.13. The Kier molecular flexibility index (Phi) is 6.82. The zero-order valence-corrected chi connectivity index (χ0v) is 12.4. The quantitative estimate of drug-likeness (QED) is 0.417. The van der Waals surface area contributed by atoms with Crippen LogP contribution in [0.15, 0.2) is 22.0 Å². The van der Waals surface area contributed by atoms with E-state index in [1.54, 1.807) is 18.5 Å². The molecule has 22 heavy (non-hydrogen) atoms. The second-order valence-corrected chi connectivity index (χ2v) is 5.03. The van der Waals surface area contributed by atoms with Gasteiger partial charge in [-0.2, -0.15) is 0 Å². The van der Waals surface area contributed by atoms with E-state index in [1.807, 2.05) is 0 Å². The highest BCUT2D eigenvalue weighted by Gasteiger charge is 2.18. The van der Waals surface area contributed by atoms with Gasteiger partial charge in [-0.1, -0.05) is 11.9 Å². The zero-order chi connectivity index (χ0) is 16.5. The largest absolute Gasteiger partial charge is 0.355 e. The molecule has 1 aromatic rings. The van der Waals surface area contributed by atoms with E-state index in [2.05, 4.69) is 20.7 Å². The molecule has 3 N–H and O–H groups in total. The molecule has 0 bridgehead atoms. The summed E-state index contributed by atoms with van der Waals surface area (Å²) in [4.78, 5) is 36.7. The molecule has 0 unspecified atom stereocenters. The van der Waals surface area contributed by atoms with Crippen molar-refractivity contribution in [3.8, 4) is 0 Å². The van der Waals surface area contributed by atoms with E-state index in [4.69, 9.17) is 5.73 Å². The predicted octanol–water partition coefficient (Wildman–Crippen LogP) is 1.25. The predicted molar refractivity (Wildman–Crippen MR) is 77.0 cm³/mol. The van der Waals surface area contributed by atoms with Gasteiger partial charge in [0.15, 0.2) is 10.4 Å². The molecule has 1 aromatic heterocycles. The molecular weight excluding hydrogens is 314 g/mol. The van der Waals surface area contributed by atoms with Crippen LogP contribution in [0.5, 0.6) is 0 Å². The number of primary amides is 1. The molecule has 0 saturated heterocycles. The van der Waals surface area contributed by atoms with Crippen molar-refractivity contribution in [3.05, 3.63) is 28.1 Å². The first-order chi connectivity index (χ1) is 10.4. The van der Waals surface area contributed by atoms with Gasteiger partial charge in [-0.05, 0) is 12.3 Å². The molecule has 0 aliphatic heterocycles. The third kappa shape index (κ3) is 6.69. The van der Waals surface area contributed by atoms with Crippen LogP contribution in [-0.2, 0) is 4.79 Å². The average molecular weight is 328 g/mol. The zero-order valence-electron chi connectivity index (χ0n) is 11.6. The molecule has 3 amide bonds. The second-order valence-electron chi connectivity index (χ2n) is 4.14. The van der Waals surface area contributed by atoms with Gasteiger partial charge >= 0.3 is 6.03 Å². The van der Waals surface area contributed by atoms with Gasteiger partial charge in [0.05, 0.1) is 18.0 Å². The maximum absolute atomic E-state index is 11.7. The van der Waals surface area contributed by atoms with E-state index in [0.717, 1.165) is 0 Å². The number of anilines is 1.